The monoisotopic (exact) mass is 490 g/mol. The number of benzene rings is 2. The van der Waals surface area contributed by atoms with E-state index < -0.39 is 10.0 Å². The number of halogens is 1. The molecule has 0 bridgehead atoms. The summed E-state index contributed by atoms with van der Waals surface area (Å²) in [6.07, 6.45) is 0.130. The number of nitrogens with zero attached hydrogens (tertiary/aromatic N) is 3. The molecule has 1 aromatic heterocycles. The van der Waals surface area contributed by atoms with Gasteiger partial charge in [0.25, 0.3) is 0 Å². The highest BCUT2D eigenvalue weighted by Crippen LogP contribution is 2.25. The van der Waals surface area contributed by atoms with Gasteiger partial charge in [0.2, 0.25) is 15.9 Å². The number of anilines is 1. The Hall–Kier alpha value is -2.30. The van der Waals surface area contributed by atoms with Crippen LogP contribution in [0.3, 0.4) is 0 Å². The number of thiazole rings is 1. The number of hydrogen-bond acceptors (Lipinski definition) is 6. The zero-order chi connectivity index (χ0) is 22.7. The molecule has 0 atom stereocenters. The van der Waals surface area contributed by atoms with Gasteiger partial charge in [-0.05, 0) is 43.4 Å². The molecule has 1 aliphatic heterocycles. The Balaban J connectivity index is 1.36. The van der Waals surface area contributed by atoms with Crippen LogP contribution >= 0.6 is 22.9 Å². The highest BCUT2D eigenvalue weighted by molar-refractivity contribution is 7.89. The molecule has 1 amide bonds. The standard InChI is InChI=1S/C22H23ClN4O3S2/c1-26-10-12-27(13-11-26)32(29,30)20-8-6-18(7-9-20)24-21(28)14-19-15-31-22(25-19)16-2-4-17(23)5-3-16/h2-9,15H,10-14H2,1H3,(H,24,28). The predicted molar refractivity (Wildman–Crippen MR) is 128 cm³/mol. The number of hydrogen-bond donors (Lipinski definition) is 1. The van der Waals surface area contributed by atoms with Crippen molar-refractivity contribution < 1.29 is 13.2 Å². The van der Waals surface area contributed by atoms with Gasteiger partial charge in [-0.15, -0.1) is 11.3 Å². The van der Waals surface area contributed by atoms with E-state index in [0.29, 0.717) is 42.6 Å². The molecule has 168 valence electrons. The SMILES string of the molecule is CN1CCN(S(=O)(=O)c2ccc(NC(=O)Cc3csc(-c4ccc(Cl)cc4)n3)cc2)CC1. The summed E-state index contributed by atoms with van der Waals surface area (Å²) in [6, 6.07) is 13.7. The van der Waals surface area contributed by atoms with Crippen molar-refractivity contribution in [1.82, 2.24) is 14.2 Å². The van der Waals surface area contributed by atoms with Crippen LogP contribution in [0, 0.1) is 0 Å². The van der Waals surface area contributed by atoms with Crippen LogP contribution in [0.5, 0.6) is 0 Å². The van der Waals surface area contributed by atoms with Gasteiger partial charge >= 0.3 is 0 Å². The van der Waals surface area contributed by atoms with Crippen molar-refractivity contribution in [2.75, 3.05) is 38.5 Å². The minimum atomic E-state index is -3.53. The zero-order valence-corrected chi connectivity index (χ0v) is 19.9. The summed E-state index contributed by atoms with van der Waals surface area (Å²) in [6.45, 7) is 2.37. The molecule has 0 saturated carbocycles. The maximum absolute atomic E-state index is 12.8. The molecule has 0 aliphatic carbocycles. The molecule has 3 aromatic rings. The number of piperazine rings is 1. The number of carbonyl (C=O) groups is 1. The topological polar surface area (TPSA) is 82.6 Å². The van der Waals surface area contributed by atoms with Crippen LogP contribution in [0.25, 0.3) is 10.6 Å². The number of likely N-dealkylation sites (N-methyl/N-ethyl adjacent to an activating group) is 1. The molecule has 1 fully saturated rings. The summed E-state index contributed by atoms with van der Waals surface area (Å²) < 4.78 is 27.1. The number of amides is 1. The normalized spacial score (nSPS) is 15.6. The quantitative estimate of drug-likeness (QED) is 0.571. The first-order valence-electron chi connectivity index (χ1n) is 10.1. The van der Waals surface area contributed by atoms with E-state index in [-0.39, 0.29) is 17.2 Å². The third-order valence-corrected chi connectivity index (χ3v) is 8.33. The van der Waals surface area contributed by atoms with Crippen molar-refractivity contribution in [3.8, 4) is 10.6 Å². The van der Waals surface area contributed by atoms with Crippen molar-refractivity contribution in [2.45, 2.75) is 11.3 Å². The van der Waals surface area contributed by atoms with Gasteiger partial charge in [-0.2, -0.15) is 4.31 Å². The number of aromatic nitrogens is 1. The molecule has 7 nitrogen and oxygen atoms in total. The molecule has 0 unspecified atom stereocenters. The van der Waals surface area contributed by atoms with Crippen LogP contribution < -0.4 is 5.32 Å². The van der Waals surface area contributed by atoms with Crippen LogP contribution in [0.4, 0.5) is 5.69 Å². The van der Waals surface area contributed by atoms with Crippen LogP contribution in [0.1, 0.15) is 5.69 Å². The zero-order valence-electron chi connectivity index (χ0n) is 17.5. The molecular weight excluding hydrogens is 468 g/mol. The van der Waals surface area contributed by atoms with Crippen LogP contribution in [0.15, 0.2) is 58.8 Å². The van der Waals surface area contributed by atoms with E-state index in [2.05, 4.69) is 15.2 Å². The van der Waals surface area contributed by atoms with Gasteiger partial charge in [0.05, 0.1) is 17.0 Å². The van der Waals surface area contributed by atoms with Gasteiger partial charge in [0.1, 0.15) is 5.01 Å². The molecule has 0 spiro atoms. The summed E-state index contributed by atoms with van der Waals surface area (Å²) in [5.41, 5.74) is 2.16. The average Bonchev–Trinajstić information content (AvgIpc) is 3.23. The third kappa shape index (κ3) is 5.36. The summed E-state index contributed by atoms with van der Waals surface area (Å²) in [5.74, 6) is -0.215. The lowest BCUT2D eigenvalue weighted by molar-refractivity contribution is -0.115. The Morgan fingerprint density at radius 1 is 1.06 bits per heavy atom. The van der Waals surface area contributed by atoms with Crippen LogP contribution in [0.2, 0.25) is 5.02 Å². The van der Waals surface area contributed by atoms with E-state index in [1.54, 1.807) is 24.3 Å². The fourth-order valence-electron chi connectivity index (χ4n) is 3.37. The Kier molecular flexibility index (Phi) is 6.92. The van der Waals surface area contributed by atoms with E-state index in [0.717, 1.165) is 10.6 Å². The lowest BCUT2D eigenvalue weighted by Gasteiger charge is -2.31. The second kappa shape index (κ2) is 9.68. The van der Waals surface area contributed by atoms with Gasteiger partial charge in [-0.3, -0.25) is 4.79 Å². The van der Waals surface area contributed by atoms with Gasteiger partial charge in [-0.1, -0.05) is 23.7 Å². The Bertz CT molecular complexity index is 1190. The molecule has 2 heterocycles. The maximum Gasteiger partial charge on any atom is 0.243 e. The molecule has 0 radical (unpaired) electrons. The van der Waals surface area contributed by atoms with E-state index in [1.165, 1.54) is 27.8 Å². The first-order chi connectivity index (χ1) is 15.3. The minimum Gasteiger partial charge on any atom is -0.326 e. The highest BCUT2D eigenvalue weighted by Gasteiger charge is 2.27. The highest BCUT2D eigenvalue weighted by atomic mass is 35.5. The average molecular weight is 491 g/mol. The molecule has 4 rings (SSSR count). The fraction of sp³-hybridized carbons (Fsp3) is 0.273. The van der Waals surface area contributed by atoms with Gasteiger partial charge < -0.3 is 10.2 Å². The molecule has 1 N–H and O–H groups in total. The largest absolute Gasteiger partial charge is 0.326 e. The van der Waals surface area contributed by atoms with Crippen molar-refractivity contribution in [2.24, 2.45) is 0 Å². The van der Waals surface area contributed by atoms with Gasteiger partial charge in [-0.25, -0.2) is 13.4 Å². The second-order valence-corrected chi connectivity index (χ2v) is 10.8. The second-order valence-electron chi connectivity index (χ2n) is 7.61. The van der Waals surface area contributed by atoms with Crippen molar-refractivity contribution >= 4 is 44.6 Å². The number of sulfonamides is 1. The molecular formula is C22H23ClN4O3S2. The minimum absolute atomic E-state index is 0.130. The van der Waals surface area contributed by atoms with Crippen molar-refractivity contribution in [1.29, 1.82) is 0 Å². The lowest BCUT2D eigenvalue weighted by Crippen LogP contribution is -2.46. The Morgan fingerprint density at radius 3 is 2.38 bits per heavy atom. The molecule has 1 saturated heterocycles. The van der Waals surface area contributed by atoms with Gasteiger partial charge in [0, 0.05) is 47.8 Å². The van der Waals surface area contributed by atoms with Crippen LogP contribution in [-0.2, 0) is 21.2 Å². The van der Waals surface area contributed by atoms with Crippen molar-refractivity contribution in [3.63, 3.8) is 0 Å². The first-order valence-corrected chi connectivity index (χ1v) is 12.8. The fourth-order valence-corrected chi connectivity index (χ4v) is 5.74. The third-order valence-electron chi connectivity index (χ3n) is 5.22. The van der Waals surface area contributed by atoms with Crippen molar-refractivity contribution in [3.05, 3.63) is 64.6 Å². The smallest absolute Gasteiger partial charge is 0.243 e. The van der Waals surface area contributed by atoms with E-state index >= 15 is 0 Å². The number of carbonyl (C=O) groups excluding carboxylic acids is 1. The summed E-state index contributed by atoms with van der Waals surface area (Å²) in [4.78, 5) is 19.3. The van der Waals surface area contributed by atoms with E-state index in [4.69, 9.17) is 11.6 Å². The predicted octanol–water partition coefficient (Wildman–Crippen LogP) is 3.58. The van der Waals surface area contributed by atoms with Gasteiger partial charge in [0.15, 0.2) is 0 Å². The summed E-state index contributed by atoms with van der Waals surface area (Å²) in [7, 11) is -1.55. The molecule has 32 heavy (non-hydrogen) atoms. The summed E-state index contributed by atoms with van der Waals surface area (Å²) >= 11 is 7.39. The molecule has 2 aromatic carbocycles. The first kappa shape index (κ1) is 22.9. The maximum atomic E-state index is 12.8. The number of rotatable bonds is 6. The Labute approximate surface area is 196 Å². The van der Waals surface area contributed by atoms with E-state index in [9.17, 15) is 13.2 Å². The van der Waals surface area contributed by atoms with E-state index in [1.807, 2.05) is 24.6 Å². The molecule has 1 aliphatic rings. The summed E-state index contributed by atoms with van der Waals surface area (Å²) in [5, 5.41) is 6.14. The molecule has 10 heteroatoms. The lowest BCUT2D eigenvalue weighted by atomic mass is 10.2. The van der Waals surface area contributed by atoms with Crippen LogP contribution in [-0.4, -0.2) is 61.7 Å². The number of nitrogens with one attached hydrogen (secondary N) is 1. The Morgan fingerprint density at radius 2 is 1.72 bits per heavy atom.